The predicted octanol–water partition coefficient (Wildman–Crippen LogP) is 2.00. The molecule has 2 aliphatic heterocycles. The number of aromatic amines is 1. The summed E-state index contributed by atoms with van der Waals surface area (Å²) >= 11 is 0. The van der Waals surface area contributed by atoms with Crippen LogP contribution in [0.5, 0.6) is 0 Å². The molecule has 1 aromatic rings. The van der Waals surface area contributed by atoms with Gasteiger partial charge in [-0.25, -0.2) is 16.0 Å². The molecule has 1 aromatic heterocycles. The van der Waals surface area contributed by atoms with Crippen molar-refractivity contribution in [1.29, 1.82) is 0 Å². The van der Waals surface area contributed by atoms with Crippen molar-refractivity contribution < 1.29 is 33.3 Å². The van der Waals surface area contributed by atoms with Gasteiger partial charge in [0.1, 0.15) is 37.1 Å². The molecule has 2 fully saturated rings. The van der Waals surface area contributed by atoms with Crippen molar-refractivity contribution in [2.75, 3.05) is 39.1 Å². The van der Waals surface area contributed by atoms with Gasteiger partial charge in [0.2, 0.25) is 6.54 Å². The van der Waals surface area contributed by atoms with Gasteiger partial charge in [-0.3, -0.25) is 14.3 Å². The fraction of sp³-hybridized carbons (Fsp3) is 0.708. The Kier molecular flexibility index (Phi) is 10.9. The number of ether oxygens (including phenoxy) is 2. The summed E-state index contributed by atoms with van der Waals surface area (Å²) in [5.41, 5.74) is -2.03. The van der Waals surface area contributed by atoms with E-state index in [1.165, 1.54) is 22.7 Å². The van der Waals surface area contributed by atoms with Crippen LogP contribution in [0.3, 0.4) is 0 Å². The van der Waals surface area contributed by atoms with E-state index in [0.717, 1.165) is 0 Å². The maximum Gasteiger partial charge on any atom is 0.328 e. The van der Waals surface area contributed by atoms with E-state index in [9.17, 15) is 24.4 Å². The number of aliphatic hydroxyl groups excluding tert-OH is 2. The summed E-state index contributed by atoms with van der Waals surface area (Å²) in [6.07, 6.45) is -0.0834. The van der Waals surface area contributed by atoms with Crippen LogP contribution in [0.25, 0.3) is 4.85 Å². The second kappa shape index (κ2) is 13.3. The molecule has 0 aliphatic carbocycles. The van der Waals surface area contributed by atoms with Gasteiger partial charge in [0.25, 0.3) is 14.1 Å². The third kappa shape index (κ3) is 6.96. The molecule has 15 heteroatoms. The highest BCUT2D eigenvalue weighted by atomic mass is 31.2. The summed E-state index contributed by atoms with van der Waals surface area (Å²) in [4.78, 5) is 30.4. The van der Waals surface area contributed by atoms with E-state index < -0.39 is 63.5 Å². The fourth-order valence-corrected chi connectivity index (χ4v) is 7.23. The van der Waals surface area contributed by atoms with Crippen molar-refractivity contribution in [3.8, 4) is 0 Å². The minimum absolute atomic E-state index is 0.0113. The Morgan fingerprint density at radius 3 is 2.59 bits per heavy atom. The summed E-state index contributed by atoms with van der Waals surface area (Å²) < 4.78 is 41.4. The lowest BCUT2D eigenvalue weighted by Gasteiger charge is -2.44. The van der Waals surface area contributed by atoms with Gasteiger partial charge in [0, 0.05) is 23.8 Å². The molecule has 2 saturated heterocycles. The van der Waals surface area contributed by atoms with Crippen LogP contribution in [0, 0.1) is 13.5 Å². The Balaban J connectivity index is 2.08. The minimum atomic E-state index is -3.44. The number of hydrogen-bond acceptors (Lipinski definition) is 10. The minimum Gasteiger partial charge on any atom is -0.388 e. The number of nitrogens with zero attached hydrogens (tertiary/aromatic N) is 3. The van der Waals surface area contributed by atoms with E-state index in [0.29, 0.717) is 5.56 Å². The van der Waals surface area contributed by atoms with E-state index in [1.807, 2.05) is 32.4 Å². The SMILES string of the molecule is [C-]#[N+]CCOP(O[C@H]1[C@H]2OC[C@]1(/C=C/P(=O)(CO)CO)OC[C@H]2n1cc(C)c(=O)[nH]c1=O)N(C(C)C)C(C)C. The molecule has 13 nitrogen and oxygen atoms in total. The average Bonchev–Trinajstić information content (AvgIpc) is 3.11. The zero-order valence-corrected chi connectivity index (χ0v) is 24.6. The van der Waals surface area contributed by atoms with E-state index in [4.69, 9.17) is 25.1 Å². The third-order valence-corrected chi connectivity index (χ3v) is 10.4. The molecular weight excluding hydrogens is 550 g/mol. The van der Waals surface area contributed by atoms with Crippen molar-refractivity contribution in [2.45, 2.75) is 70.6 Å². The smallest absolute Gasteiger partial charge is 0.328 e. The molecule has 2 bridgehead atoms. The lowest BCUT2D eigenvalue weighted by Crippen LogP contribution is -2.56. The van der Waals surface area contributed by atoms with Crippen LogP contribution in [-0.4, -0.2) is 93.4 Å². The summed E-state index contributed by atoms with van der Waals surface area (Å²) in [6.45, 7) is 17.0. The molecule has 0 saturated carbocycles. The Labute approximate surface area is 228 Å². The summed E-state index contributed by atoms with van der Waals surface area (Å²) in [5, 5.41) is 19.2. The van der Waals surface area contributed by atoms with Gasteiger partial charge in [-0.2, -0.15) is 0 Å². The van der Waals surface area contributed by atoms with Crippen LogP contribution < -0.4 is 11.2 Å². The van der Waals surface area contributed by atoms with E-state index in [-0.39, 0.29) is 38.4 Å². The quantitative estimate of drug-likeness (QED) is 0.177. The Morgan fingerprint density at radius 1 is 1.33 bits per heavy atom. The number of rotatable bonds is 13. The molecule has 2 aliphatic rings. The van der Waals surface area contributed by atoms with Crippen LogP contribution in [0.1, 0.15) is 39.3 Å². The van der Waals surface area contributed by atoms with Crippen molar-refractivity contribution in [2.24, 2.45) is 0 Å². The molecule has 0 aromatic carbocycles. The Bertz CT molecular complexity index is 1210. The maximum absolute atomic E-state index is 12.8. The number of aliphatic hydroxyl groups is 2. The summed E-state index contributed by atoms with van der Waals surface area (Å²) in [6, 6.07) is -0.637. The van der Waals surface area contributed by atoms with Gasteiger partial charge in [-0.15, -0.1) is 0 Å². The highest BCUT2D eigenvalue weighted by molar-refractivity contribution is 7.66. The van der Waals surface area contributed by atoms with E-state index in [2.05, 4.69) is 9.83 Å². The highest BCUT2D eigenvalue weighted by Crippen LogP contribution is 2.54. The number of hydrogen-bond donors (Lipinski definition) is 3. The zero-order chi connectivity index (χ0) is 29.0. The molecule has 0 radical (unpaired) electrons. The van der Waals surface area contributed by atoms with Crippen molar-refractivity contribution in [3.05, 3.63) is 55.9 Å². The van der Waals surface area contributed by atoms with Crippen molar-refractivity contribution in [1.82, 2.24) is 14.2 Å². The first-order valence-electron chi connectivity index (χ1n) is 12.7. The number of H-pyrrole nitrogens is 1. The first kappa shape index (κ1) is 31.8. The van der Waals surface area contributed by atoms with Crippen LogP contribution in [0.4, 0.5) is 0 Å². The molecular formula is C24H38N4O9P2. The second-order valence-corrected chi connectivity index (χ2v) is 14.4. The van der Waals surface area contributed by atoms with Crippen LogP contribution >= 0.6 is 15.7 Å². The molecule has 39 heavy (non-hydrogen) atoms. The normalized spacial score (nSPS) is 26.1. The lowest BCUT2D eigenvalue weighted by atomic mass is 9.90. The lowest BCUT2D eigenvalue weighted by molar-refractivity contribution is -0.118. The van der Waals surface area contributed by atoms with Gasteiger partial charge >= 0.3 is 5.69 Å². The first-order chi connectivity index (χ1) is 18.4. The largest absolute Gasteiger partial charge is 0.388 e. The van der Waals surface area contributed by atoms with Gasteiger partial charge in [-0.05, 0) is 46.5 Å². The fourth-order valence-electron chi connectivity index (χ4n) is 4.65. The van der Waals surface area contributed by atoms with Crippen LogP contribution in [0.2, 0.25) is 0 Å². The monoisotopic (exact) mass is 588 g/mol. The zero-order valence-electron chi connectivity index (χ0n) is 22.8. The Morgan fingerprint density at radius 2 is 2.00 bits per heavy atom. The van der Waals surface area contributed by atoms with Gasteiger partial charge < -0.3 is 38.1 Å². The molecule has 3 N–H and O–H groups in total. The van der Waals surface area contributed by atoms with Crippen molar-refractivity contribution >= 4 is 15.7 Å². The molecule has 5 atom stereocenters. The summed E-state index contributed by atoms with van der Waals surface area (Å²) in [5.74, 6) is 1.26. The van der Waals surface area contributed by atoms with Crippen LogP contribution in [-0.2, 0) is 23.1 Å². The number of nitrogens with one attached hydrogen (secondary N) is 1. The van der Waals surface area contributed by atoms with Gasteiger partial charge in [0.05, 0.1) is 19.3 Å². The number of aromatic nitrogens is 2. The predicted molar refractivity (Wildman–Crippen MR) is 146 cm³/mol. The van der Waals surface area contributed by atoms with Crippen molar-refractivity contribution in [3.63, 3.8) is 0 Å². The Hall–Kier alpha value is -1.71. The molecule has 1 unspecified atom stereocenters. The van der Waals surface area contributed by atoms with Gasteiger partial charge in [0.15, 0.2) is 7.14 Å². The molecule has 0 spiro atoms. The molecule has 3 rings (SSSR count). The standard InChI is InChI=1S/C24H38N4O9P2/c1-16(2)28(17(3)4)38(36-9-8-25-6)37-21-20-19(27-11-18(5)22(31)26-23(27)32)12-35-24(21,13-34-20)7-10-39(33,14-29)15-30/h7,10-11,16-17,19-21,29-30H,8-9,12-15H2,1-5H3,(H,26,31,32)/b10-7+/t19-,20+,21+,24+,38?/m1/s1. The number of aryl methyl sites for hydroxylation is 1. The maximum atomic E-state index is 12.8. The topological polar surface area (TPSA) is 157 Å². The van der Waals surface area contributed by atoms with E-state index in [1.54, 1.807) is 6.92 Å². The molecule has 218 valence electrons. The van der Waals surface area contributed by atoms with E-state index >= 15 is 0 Å². The number of fused-ring (bicyclic) bond motifs is 2. The first-order valence-corrected chi connectivity index (χ1v) is 16.0. The highest BCUT2D eigenvalue weighted by Gasteiger charge is 2.59. The molecule has 3 heterocycles. The third-order valence-electron chi connectivity index (χ3n) is 6.65. The average molecular weight is 589 g/mol. The second-order valence-electron chi connectivity index (χ2n) is 10.2. The summed E-state index contributed by atoms with van der Waals surface area (Å²) in [7, 11) is -5.19. The van der Waals surface area contributed by atoms with Crippen LogP contribution in [0.15, 0.2) is 27.7 Å². The molecule has 0 amide bonds. The van der Waals surface area contributed by atoms with Gasteiger partial charge in [-0.1, -0.05) is 0 Å².